The summed E-state index contributed by atoms with van der Waals surface area (Å²) >= 11 is 5.93. The first-order valence-electron chi connectivity index (χ1n) is 7.14. The van der Waals surface area contributed by atoms with Gasteiger partial charge >= 0.3 is 0 Å². The lowest BCUT2D eigenvalue weighted by Gasteiger charge is -2.10. The molecule has 0 fully saturated rings. The highest BCUT2D eigenvalue weighted by Crippen LogP contribution is 2.37. The van der Waals surface area contributed by atoms with Crippen LogP contribution in [0.5, 0.6) is 23.0 Å². The van der Waals surface area contributed by atoms with Gasteiger partial charge in [0.05, 0.1) is 20.4 Å². The third-order valence-corrected chi connectivity index (χ3v) is 3.62. The molecule has 2 rings (SSSR count). The molecule has 3 N–H and O–H groups in total. The number of amides is 1. The maximum Gasteiger partial charge on any atom is 0.271 e. The van der Waals surface area contributed by atoms with Crippen LogP contribution in [0.25, 0.3) is 0 Å². The van der Waals surface area contributed by atoms with Crippen molar-refractivity contribution in [3.63, 3.8) is 0 Å². The molecule has 0 aliphatic rings. The molecule has 0 saturated carbocycles. The number of carbonyl (C=O) groups is 1. The third kappa shape index (κ3) is 4.13. The number of hydrazone groups is 1. The van der Waals surface area contributed by atoms with Gasteiger partial charge in [0.2, 0.25) is 5.75 Å². The van der Waals surface area contributed by atoms with Gasteiger partial charge in [0.15, 0.2) is 11.5 Å². The minimum atomic E-state index is -0.550. The zero-order valence-corrected chi connectivity index (χ0v) is 14.6. The largest absolute Gasteiger partial charge is 0.507 e. The van der Waals surface area contributed by atoms with Crippen molar-refractivity contribution in [2.24, 2.45) is 5.10 Å². The second-order valence-electron chi connectivity index (χ2n) is 5.09. The Morgan fingerprint density at radius 2 is 1.72 bits per heavy atom. The Balaban J connectivity index is 2.21. The van der Waals surface area contributed by atoms with Crippen LogP contribution >= 0.6 is 11.6 Å². The highest BCUT2D eigenvalue weighted by atomic mass is 35.5. The van der Waals surface area contributed by atoms with Gasteiger partial charge in [0, 0.05) is 16.1 Å². The number of methoxy groups -OCH3 is 2. The molecule has 0 atom stereocenters. The Labute approximate surface area is 149 Å². The topological polar surface area (TPSA) is 100 Å². The number of aromatic hydroxyl groups is 2. The summed E-state index contributed by atoms with van der Waals surface area (Å²) in [7, 11) is 2.72. The summed E-state index contributed by atoms with van der Waals surface area (Å²) in [4.78, 5) is 12.2. The molecular formula is C17H17ClN2O5. The Bertz CT molecular complexity index is 811. The minimum Gasteiger partial charge on any atom is -0.507 e. The van der Waals surface area contributed by atoms with Crippen molar-refractivity contribution in [2.45, 2.75) is 6.92 Å². The van der Waals surface area contributed by atoms with Gasteiger partial charge in [-0.15, -0.1) is 0 Å². The van der Waals surface area contributed by atoms with Crippen LogP contribution in [0.2, 0.25) is 5.02 Å². The maximum absolute atomic E-state index is 12.2. The van der Waals surface area contributed by atoms with E-state index in [1.54, 1.807) is 13.0 Å². The molecule has 0 aliphatic carbocycles. The lowest BCUT2D eigenvalue weighted by atomic mass is 10.1. The highest BCUT2D eigenvalue weighted by Gasteiger charge is 2.15. The lowest BCUT2D eigenvalue weighted by molar-refractivity contribution is 0.0954. The number of phenolic OH excluding ortho intramolecular Hbond substituents is 2. The van der Waals surface area contributed by atoms with Gasteiger partial charge in [-0.25, -0.2) is 5.43 Å². The number of nitrogens with one attached hydrogen (secondary N) is 1. The molecule has 25 heavy (non-hydrogen) atoms. The van der Waals surface area contributed by atoms with Crippen LogP contribution in [0.4, 0.5) is 0 Å². The summed E-state index contributed by atoms with van der Waals surface area (Å²) < 4.78 is 10.00. The predicted molar refractivity (Wildman–Crippen MR) is 94.1 cm³/mol. The number of rotatable bonds is 5. The number of hydrogen-bond donors (Lipinski definition) is 3. The number of aryl methyl sites for hydroxylation is 1. The number of hydrogen-bond acceptors (Lipinski definition) is 6. The fraction of sp³-hybridized carbons (Fsp3) is 0.176. The van der Waals surface area contributed by atoms with E-state index in [9.17, 15) is 15.0 Å². The molecule has 0 bridgehead atoms. The van der Waals surface area contributed by atoms with E-state index in [1.165, 1.54) is 38.6 Å². The van der Waals surface area contributed by atoms with E-state index < -0.39 is 5.91 Å². The van der Waals surface area contributed by atoms with Crippen LogP contribution in [0.3, 0.4) is 0 Å². The highest BCUT2D eigenvalue weighted by molar-refractivity contribution is 6.31. The first-order valence-corrected chi connectivity index (χ1v) is 7.52. The average Bonchev–Trinajstić information content (AvgIpc) is 2.59. The van der Waals surface area contributed by atoms with E-state index in [4.69, 9.17) is 21.1 Å². The predicted octanol–water partition coefficient (Wildman–Crippen LogP) is 2.84. The summed E-state index contributed by atoms with van der Waals surface area (Å²) in [6, 6.07) is 5.83. The molecule has 0 spiro atoms. The summed E-state index contributed by atoms with van der Waals surface area (Å²) in [5, 5.41) is 24.0. The monoisotopic (exact) mass is 364 g/mol. The molecule has 0 aliphatic heterocycles. The second-order valence-corrected chi connectivity index (χ2v) is 5.53. The van der Waals surface area contributed by atoms with E-state index in [0.29, 0.717) is 16.1 Å². The third-order valence-electron chi connectivity index (χ3n) is 3.41. The minimum absolute atomic E-state index is 0.0235. The fourth-order valence-electron chi connectivity index (χ4n) is 2.11. The van der Waals surface area contributed by atoms with Crippen molar-refractivity contribution in [3.05, 3.63) is 46.0 Å². The first-order chi connectivity index (χ1) is 11.9. The van der Waals surface area contributed by atoms with Crippen molar-refractivity contribution < 1.29 is 24.5 Å². The van der Waals surface area contributed by atoms with Gasteiger partial charge < -0.3 is 19.7 Å². The number of ether oxygens (including phenoxy) is 2. The molecule has 2 aromatic carbocycles. The molecular weight excluding hydrogens is 348 g/mol. The van der Waals surface area contributed by atoms with Gasteiger partial charge in [0.1, 0.15) is 5.75 Å². The van der Waals surface area contributed by atoms with Crippen molar-refractivity contribution in [2.75, 3.05) is 14.2 Å². The molecule has 8 heteroatoms. The van der Waals surface area contributed by atoms with E-state index in [1.807, 2.05) is 0 Å². The van der Waals surface area contributed by atoms with Crippen molar-refractivity contribution in [1.29, 1.82) is 0 Å². The molecule has 0 unspecified atom stereocenters. The normalized spacial score (nSPS) is 10.7. The Morgan fingerprint density at radius 3 is 2.28 bits per heavy atom. The summed E-state index contributed by atoms with van der Waals surface area (Å²) in [5.41, 5.74) is 3.45. The summed E-state index contributed by atoms with van der Waals surface area (Å²) in [6.07, 6.45) is 1.28. The van der Waals surface area contributed by atoms with Crippen LogP contribution in [-0.2, 0) is 0 Å². The smallest absolute Gasteiger partial charge is 0.271 e. The molecule has 2 aromatic rings. The fourth-order valence-corrected chi connectivity index (χ4v) is 2.39. The number of phenols is 2. The van der Waals surface area contributed by atoms with Crippen LogP contribution in [0.15, 0.2) is 29.4 Å². The van der Waals surface area contributed by atoms with Gasteiger partial charge in [-0.05, 0) is 36.8 Å². The van der Waals surface area contributed by atoms with E-state index in [-0.39, 0.29) is 28.6 Å². The van der Waals surface area contributed by atoms with Gasteiger partial charge in [0.25, 0.3) is 5.91 Å². The Morgan fingerprint density at radius 1 is 1.12 bits per heavy atom. The number of carbonyl (C=O) groups excluding carboxylic acids is 1. The van der Waals surface area contributed by atoms with Crippen LogP contribution < -0.4 is 14.9 Å². The van der Waals surface area contributed by atoms with Gasteiger partial charge in [-0.2, -0.15) is 5.10 Å². The lowest BCUT2D eigenvalue weighted by Crippen LogP contribution is -2.17. The number of halogens is 1. The van der Waals surface area contributed by atoms with Crippen molar-refractivity contribution in [3.8, 4) is 23.0 Å². The molecule has 1 amide bonds. The Hall–Kier alpha value is -2.93. The van der Waals surface area contributed by atoms with Crippen molar-refractivity contribution >= 4 is 23.7 Å². The molecule has 7 nitrogen and oxygen atoms in total. The van der Waals surface area contributed by atoms with E-state index in [0.717, 1.165) is 0 Å². The second kappa shape index (κ2) is 7.76. The summed E-state index contributed by atoms with van der Waals surface area (Å²) in [6.45, 7) is 1.70. The molecule has 0 heterocycles. The SMILES string of the molecule is COc1cc(C(=O)N/N=C/c2cc(Cl)cc(C)c2O)cc(OC)c1O. The standard InChI is InChI=1S/C17H17ClN2O5/c1-9-4-12(18)5-11(15(9)21)8-19-20-17(23)10-6-13(24-2)16(22)14(7-10)25-3/h4-8,21-22H,1-3H3,(H,20,23)/b19-8+. The molecule has 0 radical (unpaired) electrons. The maximum atomic E-state index is 12.2. The quantitative estimate of drug-likeness (QED) is 0.559. The van der Waals surface area contributed by atoms with Gasteiger partial charge in [-0.3, -0.25) is 4.79 Å². The van der Waals surface area contributed by atoms with Crippen LogP contribution in [0.1, 0.15) is 21.5 Å². The van der Waals surface area contributed by atoms with E-state index in [2.05, 4.69) is 10.5 Å². The zero-order valence-electron chi connectivity index (χ0n) is 13.8. The molecule has 0 saturated heterocycles. The Kier molecular flexibility index (Phi) is 5.71. The number of nitrogens with zero attached hydrogens (tertiary/aromatic N) is 1. The van der Waals surface area contributed by atoms with Crippen LogP contribution in [-0.4, -0.2) is 36.6 Å². The average molecular weight is 365 g/mol. The number of benzene rings is 2. The van der Waals surface area contributed by atoms with Crippen LogP contribution in [0, 0.1) is 6.92 Å². The molecule has 0 aromatic heterocycles. The van der Waals surface area contributed by atoms with Gasteiger partial charge in [-0.1, -0.05) is 11.6 Å². The molecule has 132 valence electrons. The summed E-state index contributed by atoms with van der Waals surface area (Å²) in [5.74, 6) is -0.543. The zero-order chi connectivity index (χ0) is 18.6. The first kappa shape index (κ1) is 18.4. The van der Waals surface area contributed by atoms with E-state index >= 15 is 0 Å². The van der Waals surface area contributed by atoms with Crippen molar-refractivity contribution in [1.82, 2.24) is 5.43 Å².